The molecule has 0 bridgehead atoms. The molecule has 3 nitrogen and oxygen atoms in total. The fraction of sp³-hybridized carbons (Fsp3) is 0.375. The number of aromatic nitrogens is 1. The van der Waals surface area contributed by atoms with E-state index < -0.39 is 0 Å². The molecule has 0 radical (unpaired) electrons. The third-order valence-electron chi connectivity index (χ3n) is 4.08. The summed E-state index contributed by atoms with van der Waals surface area (Å²) in [4.78, 5) is 4.84. The summed E-state index contributed by atoms with van der Waals surface area (Å²) in [6, 6.07) is 8.10. The van der Waals surface area contributed by atoms with Gasteiger partial charge in [0.05, 0.1) is 16.8 Å². The molecule has 0 unspecified atom stereocenters. The number of rotatable bonds is 4. The lowest BCUT2D eigenvalue weighted by Crippen LogP contribution is -2.17. The lowest BCUT2D eigenvalue weighted by Gasteiger charge is -2.16. The fourth-order valence-corrected chi connectivity index (χ4v) is 3.13. The van der Waals surface area contributed by atoms with E-state index in [1.54, 1.807) is 6.20 Å². The molecule has 3 rings (SSSR count). The summed E-state index contributed by atoms with van der Waals surface area (Å²) in [5.41, 5.74) is 8.70. The summed E-state index contributed by atoms with van der Waals surface area (Å²) in [6.07, 6.45) is 7.12. The number of hydrogen-bond acceptors (Lipinski definition) is 3. The van der Waals surface area contributed by atoms with Gasteiger partial charge in [0.15, 0.2) is 0 Å². The molecule has 1 aromatic heterocycles. The van der Waals surface area contributed by atoms with E-state index >= 15 is 0 Å². The van der Waals surface area contributed by atoms with Gasteiger partial charge in [0.25, 0.3) is 0 Å². The second-order valence-electron chi connectivity index (χ2n) is 5.46. The van der Waals surface area contributed by atoms with Gasteiger partial charge in [0.1, 0.15) is 4.99 Å². The molecular formula is C16H19N3S. The summed E-state index contributed by atoms with van der Waals surface area (Å²) in [5.74, 6) is 0.765. The molecule has 0 saturated heterocycles. The average molecular weight is 285 g/mol. The molecule has 3 N–H and O–H groups in total. The maximum Gasteiger partial charge on any atom is 0.107 e. The SMILES string of the molecule is NC(=S)c1cnc2ccccc2c1NCC1CCCC1. The molecular weight excluding hydrogens is 266 g/mol. The number of anilines is 1. The number of nitrogens with one attached hydrogen (secondary N) is 1. The predicted molar refractivity (Wildman–Crippen MR) is 88.1 cm³/mol. The Kier molecular flexibility index (Phi) is 3.83. The van der Waals surface area contributed by atoms with Crippen molar-refractivity contribution >= 4 is 33.8 Å². The molecule has 104 valence electrons. The molecule has 1 aliphatic rings. The number of para-hydroxylation sites is 1. The molecule has 2 aromatic rings. The van der Waals surface area contributed by atoms with Gasteiger partial charge in [-0.3, -0.25) is 4.98 Å². The zero-order valence-electron chi connectivity index (χ0n) is 11.4. The van der Waals surface area contributed by atoms with Crippen molar-refractivity contribution < 1.29 is 0 Å². The van der Waals surface area contributed by atoms with Gasteiger partial charge in [-0.05, 0) is 24.8 Å². The van der Waals surface area contributed by atoms with E-state index in [0.29, 0.717) is 4.99 Å². The molecule has 1 aliphatic carbocycles. The first-order chi connectivity index (χ1) is 9.75. The van der Waals surface area contributed by atoms with Crippen molar-refractivity contribution in [2.45, 2.75) is 25.7 Å². The van der Waals surface area contributed by atoms with Gasteiger partial charge in [-0.25, -0.2) is 0 Å². The van der Waals surface area contributed by atoms with Crippen molar-refractivity contribution in [3.63, 3.8) is 0 Å². The van der Waals surface area contributed by atoms with Crippen molar-refractivity contribution in [2.24, 2.45) is 11.7 Å². The van der Waals surface area contributed by atoms with E-state index in [1.165, 1.54) is 25.7 Å². The van der Waals surface area contributed by atoms with E-state index in [4.69, 9.17) is 18.0 Å². The molecule has 1 heterocycles. The van der Waals surface area contributed by atoms with Gasteiger partial charge in [-0.2, -0.15) is 0 Å². The van der Waals surface area contributed by atoms with Gasteiger partial charge >= 0.3 is 0 Å². The van der Waals surface area contributed by atoms with Gasteiger partial charge in [-0.15, -0.1) is 0 Å². The lowest BCUT2D eigenvalue weighted by atomic mass is 10.1. The van der Waals surface area contributed by atoms with E-state index in [1.807, 2.05) is 18.2 Å². The van der Waals surface area contributed by atoms with Crippen LogP contribution in [0.3, 0.4) is 0 Å². The zero-order chi connectivity index (χ0) is 13.9. The van der Waals surface area contributed by atoms with Crippen molar-refractivity contribution in [1.29, 1.82) is 0 Å². The smallest absolute Gasteiger partial charge is 0.107 e. The third-order valence-corrected chi connectivity index (χ3v) is 4.30. The first-order valence-corrected chi connectivity index (χ1v) is 7.58. The van der Waals surface area contributed by atoms with Crippen LogP contribution in [0.25, 0.3) is 10.9 Å². The van der Waals surface area contributed by atoms with Crippen LogP contribution < -0.4 is 11.1 Å². The molecule has 0 amide bonds. The Hall–Kier alpha value is -1.68. The third kappa shape index (κ3) is 2.61. The summed E-state index contributed by atoms with van der Waals surface area (Å²) in [7, 11) is 0. The number of pyridine rings is 1. The zero-order valence-corrected chi connectivity index (χ0v) is 12.2. The van der Waals surface area contributed by atoms with Crippen LogP contribution in [0, 0.1) is 5.92 Å². The summed E-state index contributed by atoms with van der Waals surface area (Å²) >= 11 is 5.16. The van der Waals surface area contributed by atoms with Crippen LogP contribution in [0.2, 0.25) is 0 Å². The fourth-order valence-electron chi connectivity index (χ4n) is 2.98. The Bertz CT molecular complexity index is 633. The highest BCUT2D eigenvalue weighted by molar-refractivity contribution is 7.80. The standard InChI is InChI=1S/C16H19N3S/c17-16(20)13-10-18-14-8-4-3-7-12(14)15(13)19-9-11-5-1-2-6-11/h3-4,7-8,10-11H,1-2,5-6,9H2,(H2,17,20)(H,18,19). The van der Waals surface area contributed by atoms with Crippen molar-refractivity contribution in [3.8, 4) is 0 Å². The Morgan fingerprint density at radius 2 is 2.05 bits per heavy atom. The predicted octanol–water partition coefficient (Wildman–Crippen LogP) is 3.47. The van der Waals surface area contributed by atoms with E-state index in [0.717, 1.165) is 34.6 Å². The van der Waals surface area contributed by atoms with Crippen molar-refractivity contribution in [1.82, 2.24) is 4.98 Å². The van der Waals surface area contributed by atoms with Crippen molar-refractivity contribution in [3.05, 3.63) is 36.0 Å². The normalized spacial score (nSPS) is 15.6. The first kappa shape index (κ1) is 13.3. The van der Waals surface area contributed by atoms with Gasteiger partial charge in [0.2, 0.25) is 0 Å². The molecule has 20 heavy (non-hydrogen) atoms. The molecule has 0 aliphatic heterocycles. The van der Waals surface area contributed by atoms with Gasteiger partial charge < -0.3 is 11.1 Å². The van der Waals surface area contributed by atoms with Crippen LogP contribution in [0.4, 0.5) is 5.69 Å². The number of nitrogens with zero attached hydrogens (tertiary/aromatic N) is 1. The maximum atomic E-state index is 5.84. The second kappa shape index (κ2) is 5.75. The van der Waals surface area contributed by atoms with Crippen LogP contribution in [0.5, 0.6) is 0 Å². The quantitative estimate of drug-likeness (QED) is 0.845. The Balaban J connectivity index is 1.96. The van der Waals surface area contributed by atoms with E-state index in [-0.39, 0.29) is 0 Å². The second-order valence-corrected chi connectivity index (χ2v) is 5.90. The Morgan fingerprint density at radius 1 is 1.30 bits per heavy atom. The Morgan fingerprint density at radius 3 is 2.80 bits per heavy atom. The van der Waals surface area contributed by atoms with Crippen molar-refractivity contribution in [2.75, 3.05) is 11.9 Å². The summed E-state index contributed by atoms with van der Waals surface area (Å²) < 4.78 is 0. The number of thiocarbonyl (C=S) groups is 1. The van der Waals surface area contributed by atoms with E-state index in [2.05, 4.69) is 16.4 Å². The highest BCUT2D eigenvalue weighted by Crippen LogP contribution is 2.29. The van der Waals surface area contributed by atoms with Crippen LogP contribution >= 0.6 is 12.2 Å². The summed E-state index contributed by atoms with van der Waals surface area (Å²) in [6.45, 7) is 0.990. The molecule has 4 heteroatoms. The molecule has 1 saturated carbocycles. The van der Waals surface area contributed by atoms with Gasteiger partial charge in [0, 0.05) is 18.1 Å². The number of hydrogen-bond donors (Lipinski definition) is 2. The minimum Gasteiger partial charge on any atom is -0.389 e. The largest absolute Gasteiger partial charge is 0.389 e. The van der Waals surface area contributed by atoms with E-state index in [9.17, 15) is 0 Å². The minimum atomic E-state index is 0.400. The minimum absolute atomic E-state index is 0.400. The highest BCUT2D eigenvalue weighted by Gasteiger charge is 2.16. The molecule has 0 atom stereocenters. The van der Waals surface area contributed by atoms with Crippen LogP contribution in [-0.4, -0.2) is 16.5 Å². The topological polar surface area (TPSA) is 50.9 Å². The monoisotopic (exact) mass is 285 g/mol. The van der Waals surface area contributed by atoms with Crippen LogP contribution in [0.15, 0.2) is 30.5 Å². The first-order valence-electron chi connectivity index (χ1n) is 7.17. The lowest BCUT2D eigenvalue weighted by molar-refractivity contribution is 0.580. The van der Waals surface area contributed by atoms with Gasteiger partial charge in [-0.1, -0.05) is 43.3 Å². The Labute approximate surface area is 124 Å². The van der Waals surface area contributed by atoms with Crippen LogP contribution in [0.1, 0.15) is 31.2 Å². The molecule has 0 spiro atoms. The number of nitrogens with two attached hydrogens (primary N) is 1. The highest BCUT2D eigenvalue weighted by atomic mass is 32.1. The maximum absolute atomic E-state index is 5.84. The molecule has 1 aromatic carbocycles. The summed E-state index contributed by atoms with van der Waals surface area (Å²) in [5, 5.41) is 4.67. The average Bonchev–Trinajstić information content (AvgIpc) is 2.97. The van der Waals surface area contributed by atoms with Crippen LogP contribution in [-0.2, 0) is 0 Å². The number of fused-ring (bicyclic) bond motifs is 1. The number of benzene rings is 1. The molecule has 1 fully saturated rings.